The molecule has 1 saturated heterocycles. The van der Waals surface area contributed by atoms with Crippen LogP contribution in [0.4, 0.5) is 0 Å². The Labute approximate surface area is 162 Å². The average molecular weight is 379 g/mol. The average Bonchev–Trinajstić information content (AvgIpc) is 3.22. The predicted octanol–water partition coefficient (Wildman–Crippen LogP) is 2.99. The molecule has 4 rings (SSSR count). The third kappa shape index (κ3) is 4.56. The van der Waals surface area contributed by atoms with Crippen LogP contribution in [0.15, 0.2) is 54.3 Å². The summed E-state index contributed by atoms with van der Waals surface area (Å²) in [5.74, 6) is 0.400. The van der Waals surface area contributed by atoms with Crippen LogP contribution in [0.3, 0.4) is 0 Å². The molecule has 1 amide bonds. The number of nitrogens with one attached hydrogen (secondary N) is 1. The molecule has 3 aromatic heterocycles. The molecule has 1 N–H and O–H groups in total. The minimum Gasteiger partial charge on any atom is -0.348 e. The smallest absolute Gasteiger partial charge is 0.254 e. The summed E-state index contributed by atoms with van der Waals surface area (Å²) in [6, 6.07) is 9.97. The van der Waals surface area contributed by atoms with Crippen molar-refractivity contribution in [3.05, 3.63) is 64.7 Å². The van der Waals surface area contributed by atoms with Crippen LogP contribution in [-0.4, -0.2) is 44.9 Å². The van der Waals surface area contributed by atoms with E-state index in [9.17, 15) is 4.79 Å². The van der Waals surface area contributed by atoms with Crippen LogP contribution < -0.4 is 5.32 Å². The number of hydrogen-bond acceptors (Lipinski definition) is 6. The van der Waals surface area contributed by atoms with Crippen molar-refractivity contribution in [2.45, 2.75) is 25.4 Å². The van der Waals surface area contributed by atoms with Crippen LogP contribution in [0.1, 0.15) is 28.1 Å². The molecule has 4 heterocycles. The third-order valence-corrected chi connectivity index (χ3v) is 5.47. The maximum absolute atomic E-state index is 12.6. The molecule has 0 aromatic carbocycles. The van der Waals surface area contributed by atoms with Gasteiger partial charge in [0.25, 0.3) is 5.91 Å². The minimum absolute atomic E-state index is 0.120. The van der Waals surface area contributed by atoms with Gasteiger partial charge in [0.1, 0.15) is 5.69 Å². The van der Waals surface area contributed by atoms with E-state index in [4.69, 9.17) is 0 Å². The summed E-state index contributed by atoms with van der Waals surface area (Å²) >= 11 is 1.78. The minimum atomic E-state index is -0.120. The highest BCUT2D eigenvalue weighted by Gasteiger charge is 2.22. The zero-order chi connectivity index (χ0) is 18.5. The summed E-state index contributed by atoms with van der Waals surface area (Å²) in [6.45, 7) is 2.90. The number of rotatable bonds is 5. The van der Waals surface area contributed by atoms with Gasteiger partial charge >= 0.3 is 0 Å². The Balaban J connectivity index is 1.35. The number of amides is 1. The highest BCUT2D eigenvalue weighted by atomic mass is 32.1. The first kappa shape index (κ1) is 17.8. The maximum Gasteiger partial charge on any atom is 0.254 e. The molecule has 1 aliphatic heterocycles. The van der Waals surface area contributed by atoms with Crippen molar-refractivity contribution in [2.24, 2.45) is 0 Å². The number of carbonyl (C=O) groups is 1. The third-order valence-electron chi connectivity index (χ3n) is 4.61. The van der Waals surface area contributed by atoms with Gasteiger partial charge in [0.2, 0.25) is 0 Å². The maximum atomic E-state index is 12.6. The Morgan fingerprint density at radius 1 is 1.19 bits per heavy atom. The highest BCUT2D eigenvalue weighted by Crippen LogP contribution is 2.17. The molecule has 7 heteroatoms. The van der Waals surface area contributed by atoms with Gasteiger partial charge in [-0.2, -0.15) is 0 Å². The molecule has 1 fully saturated rings. The Bertz CT molecular complexity index is 867. The van der Waals surface area contributed by atoms with E-state index in [-0.39, 0.29) is 11.9 Å². The van der Waals surface area contributed by atoms with Gasteiger partial charge in [-0.3, -0.25) is 14.7 Å². The van der Waals surface area contributed by atoms with E-state index < -0.39 is 0 Å². The molecule has 1 unspecified atom stereocenters. The van der Waals surface area contributed by atoms with Gasteiger partial charge in [0.15, 0.2) is 5.82 Å². The van der Waals surface area contributed by atoms with Crippen molar-refractivity contribution < 1.29 is 4.79 Å². The highest BCUT2D eigenvalue weighted by molar-refractivity contribution is 7.09. The summed E-state index contributed by atoms with van der Waals surface area (Å²) in [7, 11) is 0. The number of likely N-dealkylation sites (tertiary alicyclic amines) is 1. The molecule has 3 aromatic rings. The van der Waals surface area contributed by atoms with Crippen LogP contribution in [0.25, 0.3) is 11.5 Å². The number of nitrogens with zero attached hydrogens (tertiary/aromatic N) is 4. The molecule has 1 aliphatic rings. The van der Waals surface area contributed by atoms with Crippen molar-refractivity contribution in [1.29, 1.82) is 0 Å². The van der Waals surface area contributed by atoms with Gasteiger partial charge in [-0.15, -0.1) is 11.3 Å². The van der Waals surface area contributed by atoms with Gasteiger partial charge in [-0.1, -0.05) is 12.1 Å². The number of hydrogen-bond donors (Lipinski definition) is 1. The topological polar surface area (TPSA) is 71.0 Å². The number of piperidine rings is 1. The fourth-order valence-electron chi connectivity index (χ4n) is 3.28. The summed E-state index contributed by atoms with van der Waals surface area (Å²) in [5, 5.41) is 5.24. The second-order valence-corrected chi connectivity index (χ2v) is 7.67. The van der Waals surface area contributed by atoms with Crippen molar-refractivity contribution in [3.8, 4) is 11.5 Å². The molecule has 0 spiro atoms. The number of thiophene rings is 1. The van der Waals surface area contributed by atoms with Crippen LogP contribution in [0.5, 0.6) is 0 Å². The van der Waals surface area contributed by atoms with E-state index in [1.807, 2.05) is 18.2 Å². The van der Waals surface area contributed by atoms with Gasteiger partial charge in [-0.05, 0) is 43.0 Å². The van der Waals surface area contributed by atoms with Crippen molar-refractivity contribution >= 4 is 17.2 Å². The first-order valence-electron chi connectivity index (χ1n) is 9.07. The molecule has 138 valence electrons. The lowest BCUT2D eigenvalue weighted by Crippen LogP contribution is -2.47. The number of carbonyl (C=O) groups excluding carboxylic acids is 1. The van der Waals surface area contributed by atoms with Crippen LogP contribution in [-0.2, 0) is 6.54 Å². The Hall–Kier alpha value is -2.64. The molecule has 6 nitrogen and oxygen atoms in total. The van der Waals surface area contributed by atoms with Crippen LogP contribution >= 0.6 is 11.3 Å². The molecular weight excluding hydrogens is 358 g/mol. The second kappa shape index (κ2) is 8.37. The van der Waals surface area contributed by atoms with Crippen molar-refractivity contribution in [2.75, 3.05) is 13.1 Å². The summed E-state index contributed by atoms with van der Waals surface area (Å²) in [4.78, 5) is 29.1. The molecular formula is C20H21N5OS. The summed E-state index contributed by atoms with van der Waals surface area (Å²) < 4.78 is 0. The molecule has 27 heavy (non-hydrogen) atoms. The first-order valence-corrected chi connectivity index (χ1v) is 9.95. The molecule has 0 radical (unpaired) electrons. The number of pyridine rings is 1. The summed E-state index contributed by atoms with van der Waals surface area (Å²) in [5.41, 5.74) is 1.17. The quantitative estimate of drug-likeness (QED) is 0.738. The lowest BCUT2D eigenvalue weighted by atomic mass is 10.1. The Kier molecular flexibility index (Phi) is 5.50. The SMILES string of the molecule is O=C(NC1CCCN(Cc2cccs2)C1)c1cnc(-c2ccccn2)nc1. The lowest BCUT2D eigenvalue weighted by molar-refractivity contribution is 0.0900. The van der Waals surface area contributed by atoms with E-state index in [0.717, 1.165) is 32.5 Å². The molecule has 0 saturated carbocycles. The van der Waals surface area contributed by atoms with Crippen LogP contribution in [0, 0.1) is 0 Å². The monoisotopic (exact) mass is 379 g/mol. The Morgan fingerprint density at radius 2 is 2.07 bits per heavy atom. The van der Waals surface area contributed by atoms with Crippen molar-refractivity contribution in [3.63, 3.8) is 0 Å². The lowest BCUT2D eigenvalue weighted by Gasteiger charge is -2.32. The molecule has 0 bridgehead atoms. The van der Waals surface area contributed by atoms with E-state index in [0.29, 0.717) is 17.1 Å². The standard InChI is InChI=1S/C20H21N5OS/c26-20(15-11-22-19(23-12-15)18-7-1-2-8-21-18)24-16-5-3-9-25(13-16)14-17-6-4-10-27-17/h1-2,4,6-8,10-12,16H,3,5,9,13-14H2,(H,24,26). The fourth-order valence-corrected chi connectivity index (χ4v) is 4.03. The van der Waals surface area contributed by atoms with E-state index >= 15 is 0 Å². The number of aromatic nitrogens is 3. The fraction of sp³-hybridized carbons (Fsp3) is 0.300. The van der Waals surface area contributed by atoms with Gasteiger partial charge in [0, 0.05) is 42.6 Å². The van der Waals surface area contributed by atoms with Gasteiger partial charge in [0.05, 0.1) is 5.56 Å². The molecule has 1 atom stereocenters. The zero-order valence-electron chi connectivity index (χ0n) is 14.9. The van der Waals surface area contributed by atoms with E-state index in [1.165, 1.54) is 4.88 Å². The molecule has 0 aliphatic carbocycles. The normalized spacial score (nSPS) is 17.6. The summed E-state index contributed by atoms with van der Waals surface area (Å²) in [6.07, 6.45) is 6.92. The first-order chi connectivity index (χ1) is 13.3. The van der Waals surface area contributed by atoms with Gasteiger partial charge < -0.3 is 5.32 Å². The van der Waals surface area contributed by atoms with Crippen LogP contribution in [0.2, 0.25) is 0 Å². The second-order valence-electron chi connectivity index (χ2n) is 6.64. The predicted molar refractivity (Wildman–Crippen MR) is 105 cm³/mol. The van der Waals surface area contributed by atoms with Crippen molar-refractivity contribution in [1.82, 2.24) is 25.2 Å². The largest absolute Gasteiger partial charge is 0.348 e. The van der Waals surface area contributed by atoms with E-state index in [2.05, 4.69) is 42.7 Å². The Morgan fingerprint density at radius 3 is 2.81 bits per heavy atom. The zero-order valence-corrected chi connectivity index (χ0v) is 15.7. The van der Waals surface area contributed by atoms with Gasteiger partial charge in [-0.25, -0.2) is 9.97 Å². The van der Waals surface area contributed by atoms with E-state index in [1.54, 1.807) is 29.9 Å².